The van der Waals surface area contributed by atoms with E-state index in [4.69, 9.17) is 4.18 Å². The molecular formula is C34H54N4O4S. The summed E-state index contributed by atoms with van der Waals surface area (Å²) in [5.74, 6) is 0.925. The summed E-state index contributed by atoms with van der Waals surface area (Å²) < 4.78 is 29.5. The van der Waals surface area contributed by atoms with Gasteiger partial charge in [0.25, 0.3) is 16.0 Å². The number of anilines is 1. The van der Waals surface area contributed by atoms with Crippen molar-refractivity contribution >= 4 is 21.8 Å². The van der Waals surface area contributed by atoms with Crippen molar-refractivity contribution in [3.05, 3.63) is 53.7 Å². The van der Waals surface area contributed by atoms with E-state index in [1.54, 1.807) is 30.5 Å². The Morgan fingerprint density at radius 1 is 0.814 bits per heavy atom. The lowest BCUT2D eigenvalue weighted by Crippen LogP contribution is -2.46. The van der Waals surface area contributed by atoms with E-state index in [0.29, 0.717) is 12.1 Å². The monoisotopic (exact) mass is 614 g/mol. The first kappa shape index (κ1) is 35.0. The normalized spacial score (nSPS) is 14.2. The molecule has 1 aromatic heterocycles. The summed E-state index contributed by atoms with van der Waals surface area (Å²) in [6.07, 6.45) is 16.6. The van der Waals surface area contributed by atoms with Gasteiger partial charge < -0.3 is 10.2 Å². The van der Waals surface area contributed by atoms with Gasteiger partial charge in [0.1, 0.15) is 5.82 Å². The summed E-state index contributed by atoms with van der Waals surface area (Å²) in [5, 5.41) is 3.04. The van der Waals surface area contributed by atoms with E-state index >= 15 is 0 Å². The second kappa shape index (κ2) is 19.7. The van der Waals surface area contributed by atoms with Crippen LogP contribution >= 0.6 is 0 Å². The molecule has 3 rings (SSSR count). The molecule has 1 aliphatic heterocycles. The number of pyridine rings is 1. The van der Waals surface area contributed by atoms with Gasteiger partial charge in [0, 0.05) is 38.9 Å². The van der Waals surface area contributed by atoms with Crippen LogP contribution in [-0.2, 0) is 14.3 Å². The molecule has 1 fully saturated rings. The Morgan fingerprint density at radius 2 is 1.40 bits per heavy atom. The number of aromatic nitrogens is 1. The van der Waals surface area contributed by atoms with E-state index in [2.05, 4.69) is 27.0 Å². The topological polar surface area (TPSA) is 91.8 Å². The molecule has 9 heteroatoms. The van der Waals surface area contributed by atoms with Crippen molar-refractivity contribution in [2.45, 2.75) is 102 Å². The van der Waals surface area contributed by atoms with Crippen LogP contribution in [0.25, 0.3) is 0 Å². The molecule has 0 bridgehead atoms. The highest BCUT2D eigenvalue weighted by Gasteiger charge is 2.18. The molecule has 2 heterocycles. The van der Waals surface area contributed by atoms with Gasteiger partial charge in [-0.25, -0.2) is 4.98 Å². The van der Waals surface area contributed by atoms with Crippen LogP contribution in [0.15, 0.2) is 47.5 Å². The summed E-state index contributed by atoms with van der Waals surface area (Å²) in [5.41, 5.74) is 1.66. The number of hydrogen-bond acceptors (Lipinski definition) is 7. The smallest absolute Gasteiger partial charge is 0.296 e. The van der Waals surface area contributed by atoms with Gasteiger partial charge in [-0.15, -0.1) is 0 Å². The lowest BCUT2D eigenvalue weighted by Gasteiger charge is -2.35. The summed E-state index contributed by atoms with van der Waals surface area (Å²) in [7, 11) is -3.64. The van der Waals surface area contributed by atoms with Gasteiger partial charge >= 0.3 is 0 Å². The number of amides is 1. The third-order valence-corrected chi connectivity index (χ3v) is 9.48. The minimum absolute atomic E-state index is 0.0355. The average Bonchev–Trinajstić information content (AvgIpc) is 3.01. The minimum atomic E-state index is -3.64. The van der Waals surface area contributed by atoms with Gasteiger partial charge in [0.15, 0.2) is 0 Å². The zero-order chi connectivity index (χ0) is 30.8. The number of aryl methyl sites for hydroxylation is 1. The average molecular weight is 615 g/mol. The summed E-state index contributed by atoms with van der Waals surface area (Å²) in [4.78, 5) is 22.1. The van der Waals surface area contributed by atoms with Crippen LogP contribution in [0, 0.1) is 6.92 Å². The van der Waals surface area contributed by atoms with Gasteiger partial charge in [-0.2, -0.15) is 8.42 Å². The summed E-state index contributed by atoms with van der Waals surface area (Å²) in [6, 6.07) is 10.6. The Balaban J connectivity index is 1.10. The molecule has 1 N–H and O–H groups in total. The fourth-order valence-corrected chi connectivity index (χ4v) is 6.41. The maximum Gasteiger partial charge on any atom is 0.296 e. The molecule has 1 saturated heterocycles. The largest absolute Gasteiger partial charge is 0.354 e. The van der Waals surface area contributed by atoms with Crippen molar-refractivity contribution in [1.82, 2.24) is 15.2 Å². The highest BCUT2D eigenvalue weighted by Crippen LogP contribution is 2.16. The van der Waals surface area contributed by atoms with Crippen LogP contribution < -0.4 is 10.2 Å². The Hall–Kier alpha value is -2.49. The highest BCUT2D eigenvalue weighted by atomic mass is 32.2. The molecule has 0 radical (unpaired) electrons. The highest BCUT2D eigenvalue weighted by molar-refractivity contribution is 7.86. The second-order valence-electron chi connectivity index (χ2n) is 11.8. The fourth-order valence-electron chi connectivity index (χ4n) is 5.46. The maximum absolute atomic E-state index is 12.5. The molecule has 8 nitrogen and oxygen atoms in total. The number of carbonyl (C=O) groups is 1. The lowest BCUT2D eigenvalue weighted by molar-refractivity contribution is 0.0952. The van der Waals surface area contributed by atoms with Gasteiger partial charge in [0.2, 0.25) is 0 Å². The minimum Gasteiger partial charge on any atom is -0.354 e. The van der Waals surface area contributed by atoms with E-state index in [1.165, 1.54) is 51.4 Å². The molecule has 2 aromatic rings. The first-order valence-electron chi connectivity index (χ1n) is 16.6. The number of benzene rings is 1. The third-order valence-electron chi connectivity index (χ3n) is 8.15. The number of carbonyl (C=O) groups excluding carboxylic acids is 1. The SMILES string of the molecule is CCCN1CCN(c2ccc(C(=O)NCCCCCCCCCCCCCCOS(=O)(=O)c3ccc(C)cc3)cn2)CC1. The number of piperazine rings is 1. The molecule has 0 atom stereocenters. The molecule has 0 spiro atoms. The van der Waals surface area contributed by atoms with Crippen LogP contribution in [0.5, 0.6) is 0 Å². The van der Waals surface area contributed by atoms with Crippen molar-refractivity contribution in [1.29, 1.82) is 0 Å². The van der Waals surface area contributed by atoms with Gasteiger partial charge in [-0.1, -0.05) is 88.8 Å². The van der Waals surface area contributed by atoms with E-state index in [0.717, 1.165) is 76.2 Å². The number of nitrogens with one attached hydrogen (secondary N) is 1. The lowest BCUT2D eigenvalue weighted by atomic mass is 10.1. The Morgan fingerprint density at radius 3 is 1.95 bits per heavy atom. The van der Waals surface area contributed by atoms with Crippen LogP contribution in [0.3, 0.4) is 0 Å². The quantitative estimate of drug-likeness (QED) is 0.123. The number of nitrogens with zero attached hydrogens (tertiary/aromatic N) is 3. The van der Waals surface area contributed by atoms with Crippen LogP contribution in [-0.4, -0.2) is 70.1 Å². The molecule has 1 aromatic carbocycles. The van der Waals surface area contributed by atoms with E-state index in [1.807, 2.05) is 19.1 Å². The molecule has 0 unspecified atom stereocenters. The van der Waals surface area contributed by atoms with Crippen LogP contribution in [0.4, 0.5) is 5.82 Å². The van der Waals surface area contributed by atoms with Crippen molar-refractivity contribution in [3.8, 4) is 0 Å². The van der Waals surface area contributed by atoms with Crippen molar-refractivity contribution < 1.29 is 17.4 Å². The number of unbranched alkanes of at least 4 members (excludes halogenated alkanes) is 11. The number of rotatable bonds is 21. The third kappa shape index (κ3) is 13.4. The van der Waals surface area contributed by atoms with Crippen molar-refractivity contribution in [2.75, 3.05) is 50.8 Å². The van der Waals surface area contributed by atoms with Crippen LogP contribution in [0.1, 0.15) is 106 Å². The Labute approximate surface area is 260 Å². The molecule has 1 aliphatic rings. The molecule has 1 amide bonds. The first-order valence-corrected chi connectivity index (χ1v) is 18.0. The van der Waals surface area contributed by atoms with E-state index in [9.17, 15) is 13.2 Å². The first-order chi connectivity index (χ1) is 20.9. The van der Waals surface area contributed by atoms with E-state index in [-0.39, 0.29) is 17.4 Å². The predicted octanol–water partition coefficient (Wildman–Crippen LogP) is 6.74. The molecule has 0 saturated carbocycles. The van der Waals surface area contributed by atoms with Crippen molar-refractivity contribution in [3.63, 3.8) is 0 Å². The standard InChI is InChI=1S/C34H54N4O4S/c1-3-23-37-24-26-38(27-25-37)33-21-18-31(29-36-33)34(39)35-22-14-12-10-8-6-4-5-7-9-11-13-15-28-42-43(40,41)32-19-16-30(2)17-20-32/h16-21,29H,3-15,22-28H2,1-2H3,(H,35,39). The van der Waals surface area contributed by atoms with Gasteiger partial charge in [0.05, 0.1) is 17.1 Å². The molecule has 43 heavy (non-hydrogen) atoms. The Bertz CT molecular complexity index is 1150. The summed E-state index contributed by atoms with van der Waals surface area (Å²) >= 11 is 0. The zero-order valence-corrected chi connectivity index (χ0v) is 27.4. The van der Waals surface area contributed by atoms with Gasteiger partial charge in [-0.3, -0.25) is 13.9 Å². The molecule has 240 valence electrons. The summed E-state index contributed by atoms with van der Waals surface area (Å²) in [6.45, 7) is 10.4. The number of hydrogen-bond donors (Lipinski definition) is 1. The predicted molar refractivity (Wildman–Crippen MR) is 175 cm³/mol. The molecular weight excluding hydrogens is 560 g/mol. The second-order valence-corrected chi connectivity index (χ2v) is 13.4. The van der Waals surface area contributed by atoms with E-state index < -0.39 is 10.1 Å². The van der Waals surface area contributed by atoms with Gasteiger partial charge in [-0.05, 0) is 57.0 Å². The molecule has 0 aliphatic carbocycles. The van der Waals surface area contributed by atoms with Crippen LogP contribution in [0.2, 0.25) is 0 Å². The van der Waals surface area contributed by atoms with Crippen molar-refractivity contribution in [2.24, 2.45) is 0 Å². The maximum atomic E-state index is 12.5. The Kier molecular flexibility index (Phi) is 16.0. The fraction of sp³-hybridized carbons (Fsp3) is 0.647. The zero-order valence-electron chi connectivity index (χ0n) is 26.6.